The Balaban J connectivity index is 2.14. The van der Waals surface area contributed by atoms with Crippen LogP contribution in [0.2, 0.25) is 0 Å². The van der Waals surface area contributed by atoms with Gasteiger partial charge in [0, 0.05) is 5.56 Å². The number of rotatable bonds is 2. The van der Waals surface area contributed by atoms with Gasteiger partial charge in [0.15, 0.2) is 5.58 Å². The van der Waals surface area contributed by atoms with Crippen LogP contribution in [0.15, 0.2) is 46.9 Å². The summed E-state index contributed by atoms with van der Waals surface area (Å²) < 4.78 is 5.86. The highest BCUT2D eigenvalue weighted by Gasteiger charge is 2.11. The molecule has 0 bridgehead atoms. The summed E-state index contributed by atoms with van der Waals surface area (Å²) in [6.07, 6.45) is 0. The third kappa shape index (κ3) is 2.14. The molecule has 1 heterocycles. The summed E-state index contributed by atoms with van der Waals surface area (Å²) in [6.45, 7) is 6.44. The molecule has 96 valence electrons. The van der Waals surface area contributed by atoms with E-state index in [1.54, 1.807) is 0 Å². The largest absolute Gasteiger partial charge is 0.436 e. The minimum atomic E-state index is 0.503. The smallest absolute Gasteiger partial charge is 0.227 e. The highest BCUT2D eigenvalue weighted by molar-refractivity contribution is 5.77. The van der Waals surface area contributed by atoms with Crippen LogP contribution >= 0.6 is 0 Å². The fourth-order valence-electron chi connectivity index (χ4n) is 2.23. The molecule has 0 radical (unpaired) electrons. The number of aromatic nitrogens is 1. The second-order valence-corrected chi connectivity index (χ2v) is 5.22. The van der Waals surface area contributed by atoms with Crippen molar-refractivity contribution in [3.63, 3.8) is 0 Å². The maximum Gasteiger partial charge on any atom is 0.227 e. The number of hydrogen-bond donors (Lipinski definition) is 0. The van der Waals surface area contributed by atoms with Crippen LogP contribution in [-0.2, 0) is 0 Å². The topological polar surface area (TPSA) is 26.0 Å². The molecule has 0 atom stereocenters. The number of benzene rings is 2. The summed E-state index contributed by atoms with van der Waals surface area (Å²) in [7, 11) is 0. The molecule has 0 unspecified atom stereocenters. The number of aryl methyl sites for hydroxylation is 1. The zero-order chi connectivity index (χ0) is 13.4. The van der Waals surface area contributed by atoms with Crippen LogP contribution in [0.3, 0.4) is 0 Å². The van der Waals surface area contributed by atoms with Gasteiger partial charge in [-0.15, -0.1) is 0 Å². The average Bonchev–Trinajstić information content (AvgIpc) is 2.81. The molecule has 0 fully saturated rings. The Morgan fingerprint density at radius 1 is 1.05 bits per heavy atom. The van der Waals surface area contributed by atoms with Crippen LogP contribution in [0.4, 0.5) is 0 Å². The molecule has 0 spiro atoms. The molecular weight excluding hydrogens is 234 g/mol. The minimum absolute atomic E-state index is 0.503. The molecule has 2 aromatic carbocycles. The normalized spacial score (nSPS) is 11.4. The third-order valence-electron chi connectivity index (χ3n) is 3.45. The number of nitrogens with zero attached hydrogens (tertiary/aromatic N) is 1. The summed E-state index contributed by atoms with van der Waals surface area (Å²) in [5.41, 5.74) is 5.31. The maximum absolute atomic E-state index is 5.86. The zero-order valence-corrected chi connectivity index (χ0v) is 11.5. The summed E-state index contributed by atoms with van der Waals surface area (Å²) in [5.74, 6) is 1.21. The first-order chi connectivity index (χ1) is 9.15. The van der Waals surface area contributed by atoms with Crippen LogP contribution in [-0.4, -0.2) is 4.98 Å². The van der Waals surface area contributed by atoms with Crippen LogP contribution in [0.5, 0.6) is 0 Å². The van der Waals surface area contributed by atoms with Crippen molar-refractivity contribution in [2.24, 2.45) is 0 Å². The monoisotopic (exact) mass is 251 g/mol. The lowest BCUT2D eigenvalue weighted by molar-refractivity contribution is 0.619. The van der Waals surface area contributed by atoms with Gasteiger partial charge in [0.1, 0.15) is 5.52 Å². The molecule has 2 heteroatoms. The minimum Gasteiger partial charge on any atom is -0.436 e. The predicted octanol–water partition coefficient (Wildman–Crippen LogP) is 4.93. The second kappa shape index (κ2) is 4.54. The van der Waals surface area contributed by atoms with Gasteiger partial charge in [-0.1, -0.05) is 38.1 Å². The van der Waals surface area contributed by atoms with Crippen LogP contribution in [0, 0.1) is 6.92 Å². The van der Waals surface area contributed by atoms with Gasteiger partial charge >= 0.3 is 0 Å². The van der Waals surface area contributed by atoms with E-state index < -0.39 is 0 Å². The van der Waals surface area contributed by atoms with Gasteiger partial charge in [0.05, 0.1) is 0 Å². The number of fused-ring (bicyclic) bond motifs is 1. The van der Waals surface area contributed by atoms with Crippen molar-refractivity contribution >= 4 is 11.1 Å². The molecule has 1 aromatic heterocycles. The molecule has 3 aromatic rings. The quantitative estimate of drug-likeness (QED) is 0.645. The molecule has 0 aliphatic heterocycles. The van der Waals surface area contributed by atoms with Gasteiger partial charge in [-0.25, -0.2) is 4.98 Å². The molecule has 3 rings (SSSR count). The highest BCUT2D eigenvalue weighted by Crippen LogP contribution is 2.28. The van der Waals surface area contributed by atoms with E-state index in [2.05, 4.69) is 44.0 Å². The van der Waals surface area contributed by atoms with E-state index in [-0.39, 0.29) is 0 Å². The Labute approximate surface area is 113 Å². The Kier molecular flexibility index (Phi) is 2.86. The number of hydrogen-bond acceptors (Lipinski definition) is 2. The van der Waals surface area contributed by atoms with Gasteiger partial charge in [-0.05, 0) is 42.2 Å². The van der Waals surface area contributed by atoms with Gasteiger partial charge in [0.2, 0.25) is 5.89 Å². The lowest BCUT2D eigenvalue weighted by atomic mass is 10.0. The zero-order valence-electron chi connectivity index (χ0n) is 11.5. The third-order valence-corrected chi connectivity index (χ3v) is 3.45. The van der Waals surface area contributed by atoms with E-state index in [0.717, 1.165) is 16.7 Å². The van der Waals surface area contributed by atoms with Crippen molar-refractivity contribution in [3.8, 4) is 11.5 Å². The van der Waals surface area contributed by atoms with E-state index >= 15 is 0 Å². The van der Waals surface area contributed by atoms with Crippen molar-refractivity contribution in [1.29, 1.82) is 0 Å². The summed E-state index contributed by atoms with van der Waals surface area (Å²) in [5, 5.41) is 0. The average molecular weight is 251 g/mol. The molecule has 0 N–H and O–H groups in total. The molecule has 2 nitrogen and oxygen atoms in total. The SMILES string of the molecule is Cc1ccccc1-c1nc2cc(C(C)C)ccc2o1. The fourth-order valence-corrected chi connectivity index (χ4v) is 2.23. The van der Waals surface area contributed by atoms with E-state index in [9.17, 15) is 0 Å². The molecule has 0 saturated heterocycles. The van der Waals surface area contributed by atoms with Crippen LogP contribution in [0.25, 0.3) is 22.6 Å². The molecule has 0 aliphatic rings. The van der Waals surface area contributed by atoms with Crippen LogP contribution < -0.4 is 0 Å². The summed E-state index contributed by atoms with van der Waals surface area (Å²) in [4.78, 5) is 4.62. The van der Waals surface area contributed by atoms with E-state index in [1.165, 1.54) is 11.1 Å². The summed E-state index contributed by atoms with van der Waals surface area (Å²) >= 11 is 0. The Morgan fingerprint density at radius 3 is 2.58 bits per heavy atom. The Bertz CT molecular complexity index is 725. The summed E-state index contributed by atoms with van der Waals surface area (Å²) in [6, 6.07) is 14.4. The molecule has 0 amide bonds. The lowest BCUT2D eigenvalue weighted by Crippen LogP contribution is -1.85. The van der Waals surface area contributed by atoms with Crippen molar-refractivity contribution in [2.75, 3.05) is 0 Å². The van der Waals surface area contributed by atoms with Crippen molar-refractivity contribution in [3.05, 3.63) is 53.6 Å². The highest BCUT2D eigenvalue weighted by atomic mass is 16.3. The molecular formula is C17H17NO. The van der Waals surface area contributed by atoms with E-state index in [4.69, 9.17) is 4.42 Å². The van der Waals surface area contributed by atoms with Crippen molar-refractivity contribution in [2.45, 2.75) is 26.7 Å². The molecule has 0 saturated carbocycles. The fraction of sp³-hybridized carbons (Fsp3) is 0.235. The van der Waals surface area contributed by atoms with Gasteiger partial charge in [0.25, 0.3) is 0 Å². The standard InChI is InChI=1S/C17H17NO/c1-11(2)13-8-9-16-15(10-13)18-17(19-16)14-7-5-4-6-12(14)3/h4-11H,1-3H3. The second-order valence-electron chi connectivity index (χ2n) is 5.22. The Hall–Kier alpha value is -2.09. The first-order valence-electron chi connectivity index (χ1n) is 6.61. The van der Waals surface area contributed by atoms with Crippen molar-refractivity contribution < 1.29 is 4.42 Å². The van der Waals surface area contributed by atoms with Gasteiger partial charge in [-0.3, -0.25) is 0 Å². The van der Waals surface area contributed by atoms with Crippen LogP contribution in [0.1, 0.15) is 30.9 Å². The number of oxazole rings is 1. The maximum atomic E-state index is 5.86. The van der Waals surface area contributed by atoms with Gasteiger partial charge in [-0.2, -0.15) is 0 Å². The lowest BCUT2D eigenvalue weighted by Gasteiger charge is -2.02. The predicted molar refractivity (Wildman–Crippen MR) is 78.3 cm³/mol. The first kappa shape index (κ1) is 12.0. The van der Waals surface area contributed by atoms with E-state index in [1.807, 2.05) is 24.3 Å². The van der Waals surface area contributed by atoms with E-state index in [0.29, 0.717) is 11.8 Å². The molecule has 19 heavy (non-hydrogen) atoms. The Morgan fingerprint density at radius 2 is 1.84 bits per heavy atom. The van der Waals surface area contributed by atoms with Crippen molar-refractivity contribution in [1.82, 2.24) is 4.98 Å². The first-order valence-corrected chi connectivity index (χ1v) is 6.61. The van der Waals surface area contributed by atoms with Gasteiger partial charge < -0.3 is 4.42 Å². The molecule has 0 aliphatic carbocycles.